The minimum atomic E-state index is 0. The van der Waals surface area contributed by atoms with Crippen LogP contribution in [0.15, 0.2) is 0 Å². The van der Waals surface area contributed by atoms with Crippen LogP contribution < -0.4 is 0 Å². The Morgan fingerprint density at radius 1 is 0.750 bits per heavy atom. The molecule has 0 bridgehead atoms. The average Bonchev–Trinajstić information content (AvgIpc) is 0. The summed E-state index contributed by atoms with van der Waals surface area (Å²) in [5.74, 6) is 0. The predicted molar refractivity (Wildman–Crippen MR) is 20.7 cm³/mol. The minimum absolute atomic E-state index is 0. The van der Waals surface area contributed by atoms with Gasteiger partial charge in [-0.05, 0) is 0 Å². The van der Waals surface area contributed by atoms with E-state index in [9.17, 15) is 0 Å². The summed E-state index contributed by atoms with van der Waals surface area (Å²) in [6.45, 7) is 0. The summed E-state index contributed by atoms with van der Waals surface area (Å²) >= 11 is 0. The molecule has 0 aliphatic carbocycles. The second-order valence-electron chi connectivity index (χ2n) is 0. The van der Waals surface area contributed by atoms with Crippen LogP contribution in [0.25, 0.3) is 0 Å². The second kappa shape index (κ2) is 22.7. The van der Waals surface area contributed by atoms with E-state index < -0.39 is 0 Å². The van der Waals surface area contributed by atoms with Crippen LogP contribution in [-0.4, -0.2) is 53.5 Å². The topological polar surface area (TPSA) is 0 Å². The van der Waals surface area contributed by atoms with Crippen molar-refractivity contribution in [1.82, 2.24) is 0 Å². The Morgan fingerprint density at radius 2 is 0.750 bits per heavy atom. The second-order valence-corrected chi connectivity index (χ2v) is 0. The van der Waals surface area contributed by atoms with Gasteiger partial charge in [-0.3, -0.25) is 9.41 Å². The van der Waals surface area contributed by atoms with Crippen LogP contribution >= 0.6 is 0 Å². The molecule has 0 saturated heterocycles. The van der Waals surface area contributed by atoms with Crippen LogP contribution in [0, 0.1) is 0 Å². The van der Waals surface area contributed by atoms with Crippen molar-refractivity contribution in [3.05, 3.63) is 0 Å². The summed E-state index contributed by atoms with van der Waals surface area (Å²) in [7, 11) is 0. The summed E-state index contributed by atoms with van der Waals surface area (Å²) in [5, 5.41) is 0. The number of hydrogen-bond acceptors (Lipinski definition) is 0. The van der Waals surface area contributed by atoms with Gasteiger partial charge in [-0.15, -0.1) is 0 Å². The summed E-state index contributed by atoms with van der Waals surface area (Å²) in [4.78, 5) is 0. The first kappa shape index (κ1) is 44.6. The van der Waals surface area contributed by atoms with E-state index in [2.05, 4.69) is 0 Å². The Kier molecular flexibility index (Phi) is 253. The molecule has 2 radical (unpaired) electrons. The molecule has 0 unspecified atom stereocenters. The molecular formula is H5F2NaSn. The molecule has 0 aromatic rings. The first-order valence-electron chi connectivity index (χ1n) is 0. The molecule has 0 spiro atoms. The molecule has 0 fully saturated rings. The monoisotopic (exact) mass is 186 g/mol. The van der Waals surface area contributed by atoms with Crippen LogP contribution in [-0.2, 0) is 0 Å². The molecule has 24 valence electrons. The van der Waals surface area contributed by atoms with Gasteiger partial charge in [-0.1, -0.05) is 0 Å². The van der Waals surface area contributed by atoms with E-state index in [-0.39, 0.29) is 62.9 Å². The van der Waals surface area contributed by atoms with E-state index >= 15 is 0 Å². The summed E-state index contributed by atoms with van der Waals surface area (Å²) in [6, 6.07) is 0. The first-order valence-corrected chi connectivity index (χ1v) is 0. The molecule has 0 rings (SSSR count). The fourth-order valence-electron chi connectivity index (χ4n) is 0. The average molecular weight is 185 g/mol. The number of hydrogen-bond donors (Lipinski definition) is 0. The third kappa shape index (κ3) is 9.40. The van der Waals surface area contributed by atoms with Gasteiger partial charge >= 0.3 is 53.5 Å². The SMILES string of the molecule is F.F.[NaH].[SnH2]. The van der Waals surface area contributed by atoms with E-state index in [1.807, 2.05) is 0 Å². The molecule has 0 nitrogen and oxygen atoms in total. The zero-order valence-corrected chi connectivity index (χ0v) is 5.56. The molecule has 0 atom stereocenters. The van der Waals surface area contributed by atoms with Gasteiger partial charge in [0, 0.05) is 0 Å². The van der Waals surface area contributed by atoms with Crippen LogP contribution in [0.3, 0.4) is 0 Å². The Morgan fingerprint density at radius 3 is 0.750 bits per heavy atom. The van der Waals surface area contributed by atoms with Crippen molar-refractivity contribution in [3.8, 4) is 0 Å². The zero-order valence-electron chi connectivity index (χ0n) is 1.52. The predicted octanol–water partition coefficient (Wildman–Crippen LogP) is -1.26. The molecule has 0 aromatic heterocycles. The van der Waals surface area contributed by atoms with E-state index in [1.165, 1.54) is 0 Å². The van der Waals surface area contributed by atoms with Gasteiger partial charge in [0.15, 0.2) is 0 Å². The van der Waals surface area contributed by atoms with Crippen molar-refractivity contribution in [2.45, 2.75) is 0 Å². The molecule has 0 saturated carbocycles. The fourth-order valence-corrected chi connectivity index (χ4v) is 0. The maximum atomic E-state index is 0. The van der Waals surface area contributed by atoms with Crippen molar-refractivity contribution >= 4 is 53.5 Å². The van der Waals surface area contributed by atoms with Gasteiger partial charge < -0.3 is 0 Å². The molecule has 0 heterocycles. The standard InChI is InChI=1S/2FH.Na.Sn.3H/h2*1H;;;;;. The summed E-state index contributed by atoms with van der Waals surface area (Å²) in [5.41, 5.74) is 0. The van der Waals surface area contributed by atoms with E-state index in [0.29, 0.717) is 0 Å². The van der Waals surface area contributed by atoms with E-state index in [0.717, 1.165) is 0 Å². The zero-order chi connectivity index (χ0) is 0. The normalized spacial score (nSPS) is 0. The van der Waals surface area contributed by atoms with Crippen LogP contribution in [0.1, 0.15) is 0 Å². The first-order chi connectivity index (χ1) is 0. The molecule has 4 heavy (non-hydrogen) atoms. The van der Waals surface area contributed by atoms with E-state index in [1.54, 1.807) is 0 Å². The third-order valence-electron chi connectivity index (χ3n) is 0. The molecule has 0 N–H and O–H groups in total. The van der Waals surface area contributed by atoms with Gasteiger partial charge in [0.05, 0.1) is 0 Å². The van der Waals surface area contributed by atoms with E-state index in [4.69, 9.17) is 0 Å². The van der Waals surface area contributed by atoms with Gasteiger partial charge in [0.1, 0.15) is 0 Å². The van der Waals surface area contributed by atoms with Crippen molar-refractivity contribution in [2.24, 2.45) is 0 Å². The van der Waals surface area contributed by atoms with Crippen molar-refractivity contribution in [1.29, 1.82) is 0 Å². The molecule has 0 aliphatic rings. The summed E-state index contributed by atoms with van der Waals surface area (Å²) < 4.78 is 0. The van der Waals surface area contributed by atoms with Crippen molar-refractivity contribution in [3.63, 3.8) is 0 Å². The molecule has 0 aromatic carbocycles. The Bertz CT molecular complexity index is 6.00. The molecule has 0 aliphatic heterocycles. The Labute approximate surface area is 62.3 Å². The quantitative estimate of drug-likeness (QED) is 0.413. The van der Waals surface area contributed by atoms with Crippen LogP contribution in [0.2, 0.25) is 0 Å². The Hall–Kier alpha value is 1.66. The fraction of sp³-hybridized carbons (Fsp3) is 0. The van der Waals surface area contributed by atoms with Crippen molar-refractivity contribution < 1.29 is 9.41 Å². The summed E-state index contributed by atoms with van der Waals surface area (Å²) in [6.07, 6.45) is 0. The van der Waals surface area contributed by atoms with Crippen LogP contribution in [0.4, 0.5) is 9.41 Å². The van der Waals surface area contributed by atoms with Gasteiger partial charge in [-0.25, -0.2) is 0 Å². The van der Waals surface area contributed by atoms with Crippen molar-refractivity contribution in [2.75, 3.05) is 0 Å². The Balaban J connectivity index is 0. The van der Waals surface area contributed by atoms with Crippen LogP contribution in [0.5, 0.6) is 0 Å². The molecule has 0 amide bonds. The van der Waals surface area contributed by atoms with Gasteiger partial charge in [-0.2, -0.15) is 0 Å². The van der Waals surface area contributed by atoms with Gasteiger partial charge in [0.2, 0.25) is 0 Å². The molecular weight excluding hydrogens is 180 g/mol. The maximum absolute atomic E-state index is 0. The third-order valence-corrected chi connectivity index (χ3v) is 0. The molecule has 4 heteroatoms. The number of rotatable bonds is 0. The van der Waals surface area contributed by atoms with Gasteiger partial charge in [0.25, 0.3) is 0 Å². The number of halogens is 2.